The number of aromatic nitrogens is 5. The molecule has 2 fully saturated rings. The van der Waals surface area contributed by atoms with E-state index in [1.54, 1.807) is 16.8 Å². The SMILES string of the molecule is CN1CCN(Cc2cccc(-c3cc(=NC4CC4)n4nc/c(=C/c5[nH]c(=O)[nH]c5O)c4n3)c2)CC1. The van der Waals surface area contributed by atoms with Gasteiger partial charge in [-0.1, -0.05) is 18.2 Å². The smallest absolute Gasteiger partial charge is 0.326 e. The van der Waals surface area contributed by atoms with Crippen LogP contribution >= 0.6 is 0 Å². The van der Waals surface area contributed by atoms with Gasteiger partial charge in [-0.3, -0.25) is 14.9 Å². The molecule has 4 aromatic rings. The first-order valence-corrected chi connectivity index (χ1v) is 12.0. The minimum atomic E-state index is -0.472. The number of imidazole rings is 1. The van der Waals surface area contributed by atoms with Gasteiger partial charge in [0.1, 0.15) is 5.69 Å². The number of aromatic hydroxyl groups is 1. The van der Waals surface area contributed by atoms with Crippen molar-refractivity contribution in [1.29, 1.82) is 0 Å². The topological polar surface area (TPSA) is 118 Å². The van der Waals surface area contributed by atoms with Gasteiger partial charge in [0.2, 0.25) is 5.88 Å². The number of hydrogen-bond acceptors (Lipinski definition) is 7. The highest BCUT2D eigenvalue weighted by molar-refractivity contribution is 5.64. The molecule has 10 heteroatoms. The summed E-state index contributed by atoms with van der Waals surface area (Å²) in [7, 11) is 2.17. The number of piperazine rings is 1. The second kappa shape index (κ2) is 8.79. The molecule has 2 aliphatic rings. The maximum atomic E-state index is 11.6. The first-order valence-electron chi connectivity index (χ1n) is 12.0. The zero-order chi connectivity index (χ0) is 23.9. The molecule has 0 unspecified atom stereocenters. The lowest BCUT2D eigenvalue weighted by Gasteiger charge is -2.32. The molecule has 10 nitrogen and oxygen atoms in total. The minimum Gasteiger partial charge on any atom is -0.493 e. The van der Waals surface area contributed by atoms with Crippen molar-refractivity contribution in [1.82, 2.24) is 34.4 Å². The summed E-state index contributed by atoms with van der Waals surface area (Å²) in [6.45, 7) is 5.23. The Morgan fingerprint density at radius 1 is 1.17 bits per heavy atom. The highest BCUT2D eigenvalue weighted by Gasteiger charge is 2.20. The van der Waals surface area contributed by atoms with Crippen molar-refractivity contribution in [2.24, 2.45) is 4.99 Å². The van der Waals surface area contributed by atoms with E-state index in [9.17, 15) is 9.90 Å². The average molecular weight is 473 g/mol. The van der Waals surface area contributed by atoms with Gasteiger partial charge in [-0.25, -0.2) is 9.78 Å². The molecule has 0 amide bonds. The maximum absolute atomic E-state index is 11.6. The number of nitrogens with zero attached hydrogens (tertiary/aromatic N) is 6. The molecule has 1 saturated heterocycles. The molecule has 1 aromatic carbocycles. The van der Waals surface area contributed by atoms with Crippen molar-refractivity contribution in [2.45, 2.75) is 25.4 Å². The number of benzene rings is 1. The summed E-state index contributed by atoms with van der Waals surface area (Å²) in [4.78, 5) is 31.1. The molecule has 180 valence electrons. The molecule has 3 N–H and O–H groups in total. The Labute approximate surface area is 201 Å². The van der Waals surface area contributed by atoms with Crippen LogP contribution in [-0.4, -0.2) is 78.7 Å². The molecule has 1 saturated carbocycles. The van der Waals surface area contributed by atoms with Gasteiger partial charge >= 0.3 is 5.69 Å². The Morgan fingerprint density at radius 2 is 2.00 bits per heavy atom. The van der Waals surface area contributed by atoms with E-state index >= 15 is 0 Å². The van der Waals surface area contributed by atoms with E-state index in [1.165, 1.54) is 5.56 Å². The quantitative estimate of drug-likeness (QED) is 0.389. The second-order valence-electron chi connectivity index (χ2n) is 9.46. The third-order valence-electron chi connectivity index (χ3n) is 6.60. The van der Waals surface area contributed by atoms with E-state index in [0.717, 1.165) is 62.3 Å². The third-order valence-corrected chi connectivity index (χ3v) is 6.60. The molecule has 0 radical (unpaired) electrons. The lowest BCUT2D eigenvalue weighted by Crippen LogP contribution is -2.43. The Kier molecular flexibility index (Phi) is 5.46. The van der Waals surface area contributed by atoms with E-state index in [0.29, 0.717) is 16.9 Å². The fourth-order valence-corrected chi connectivity index (χ4v) is 4.44. The Hall–Kier alpha value is -3.76. The van der Waals surface area contributed by atoms with Crippen LogP contribution in [0.15, 0.2) is 46.3 Å². The minimum absolute atomic E-state index is 0.218. The maximum Gasteiger partial charge on any atom is 0.326 e. The summed E-state index contributed by atoms with van der Waals surface area (Å²) in [5, 5.41) is 15.2. The van der Waals surface area contributed by atoms with E-state index in [2.05, 4.69) is 56.2 Å². The number of rotatable bonds is 5. The summed E-state index contributed by atoms with van der Waals surface area (Å²) in [5.41, 5.74) is 4.28. The van der Waals surface area contributed by atoms with Gasteiger partial charge in [-0.2, -0.15) is 9.61 Å². The number of nitrogens with one attached hydrogen (secondary N) is 2. The first kappa shape index (κ1) is 21.8. The summed E-state index contributed by atoms with van der Waals surface area (Å²) < 4.78 is 1.73. The summed E-state index contributed by atoms with van der Waals surface area (Å²) in [5.74, 6) is -0.218. The van der Waals surface area contributed by atoms with Crippen LogP contribution in [0.2, 0.25) is 0 Å². The average Bonchev–Trinajstić information content (AvgIpc) is 3.48. The second-order valence-corrected chi connectivity index (χ2v) is 9.46. The predicted octanol–water partition coefficient (Wildman–Crippen LogP) is 0.477. The Balaban J connectivity index is 1.43. The van der Waals surface area contributed by atoms with Crippen LogP contribution in [0.3, 0.4) is 0 Å². The van der Waals surface area contributed by atoms with Crippen LogP contribution < -0.4 is 16.4 Å². The summed E-state index contributed by atoms with van der Waals surface area (Å²) in [6.07, 6.45) is 5.50. The van der Waals surface area contributed by atoms with Crippen LogP contribution in [0.4, 0.5) is 0 Å². The van der Waals surface area contributed by atoms with Gasteiger partial charge in [-0.15, -0.1) is 0 Å². The zero-order valence-corrected chi connectivity index (χ0v) is 19.6. The lowest BCUT2D eigenvalue weighted by molar-refractivity contribution is 0.148. The number of H-pyrrole nitrogens is 2. The molecule has 0 spiro atoms. The zero-order valence-electron chi connectivity index (χ0n) is 19.6. The van der Waals surface area contributed by atoms with Gasteiger partial charge < -0.3 is 15.0 Å². The molecule has 35 heavy (non-hydrogen) atoms. The van der Waals surface area contributed by atoms with Crippen molar-refractivity contribution in [3.05, 3.63) is 69.0 Å². The fourth-order valence-electron chi connectivity index (χ4n) is 4.44. The summed E-state index contributed by atoms with van der Waals surface area (Å²) in [6, 6.07) is 10.8. The molecule has 3 aromatic heterocycles. The van der Waals surface area contributed by atoms with Crippen LogP contribution in [0.25, 0.3) is 23.0 Å². The van der Waals surface area contributed by atoms with Crippen molar-refractivity contribution < 1.29 is 5.11 Å². The largest absolute Gasteiger partial charge is 0.493 e. The molecule has 1 aliphatic heterocycles. The number of fused-ring (bicyclic) bond motifs is 1. The number of hydrogen-bond donors (Lipinski definition) is 3. The van der Waals surface area contributed by atoms with Crippen molar-refractivity contribution in [3.63, 3.8) is 0 Å². The number of likely N-dealkylation sites (N-methyl/N-ethyl adjacent to an activating group) is 1. The molecule has 4 heterocycles. The third kappa shape index (κ3) is 4.62. The molecule has 1 aliphatic carbocycles. The molecular weight excluding hydrogens is 444 g/mol. The van der Waals surface area contributed by atoms with E-state index in [1.807, 2.05) is 6.07 Å². The Bertz CT molecular complexity index is 1550. The monoisotopic (exact) mass is 472 g/mol. The van der Waals surface area contributed by atoms with E-state index in [4.69, 9.17) is 9.98 Å². The fraction of sp³-hybridized carbons (Fsp3) is 0.360. The standard InChI is InChI=1S/C25H28N8O2/c1-31-7-9-32(10-8-31)15-16-3-2-4-17(11-16)20-13-22(27-19-5-6-19)33-23(28-20)18(14-26-33)12-21-24(34)30-25(35)29-21/h2-4,11-14,19,34H,5-10,15H2,1H3,(H2,29,30,35)/b18-12-,27-22?. The van der Waals surface area contributed by atoms with Gasteiger partial charge in [-0.05, 0) is 37.6 Å². The van der Waals surface area contributed by atoms with E-state index < -0.39 is 5.69 Å². The highest BCUT2D eigenvalue weighted by atomic mass is 16.3. The van der Waals surface area contributed by atoms with Crippen molar-refractivity contribution in [3.8, 4) is 17.1 Å². The number of aromatic amines is 2. The Morgan fingerprint density at radius 3 is 2.74 bits per heavy atom. The van der Waals surface area contributed by atoms with Gasteiger partial charge in [0, 0.05) is 49.6 Å². The normalized spacial score (nSPS) is 18.7. The lowest BCUT2D eigenvalue weighted by atomic mass is 10.1. The van der Waals surface area contributed by atoms with Gasteiger partial charge in [0.25, 0.3) is 0 Å². The summed E-state index contributed by atoms with van der Waals surface area (Å²) >= 11 is 0. The molecule has 0 atom stereocenters. The van der Waals surface area contributed by atoms with Crippen LogP contribution in [0, 0.1) is 0 Å². The van der Waals surface area contributed by atoms with Crippen LogP contribution in [0.1, 0.15) is 24.1 Å². The van der Waals surface area contributed by atoms with Gasteiger partial charge in [0.15, 0.2) is 11.1 Å². The predicted molar refractivity (Wildman–Crippen MR) is 132 cm³/mol. The molecule has 6 rings (SSSR count). The van der Waals surface area contributed by atoms with Crippen LogP contribution in [-0.2, 0) is 6.54 Å². The van der Waals surface area contributed by atoms with E-state index in [-0.39, 0.29) is 11.6 Å². The first-order chi connectivity index (χ1) is 17.0. The molecule has 0 bridgehead atoms. The highest BCUT2D eigenvalue weighted by Crippen LogP contribution is 2.23. The molecular formula is C25H28N8O2. The van der Waals surface area contributed by atoms with Gasteiger partial charge in [0.05, 0.1) is 17.9 Å². The van der Waals surface area contributed by atoms with Crippen molar-refractivity contribution >= 4 is 11.7 Å². The van der Waals surface area contributed by atoms with Crippen molar-refractivity contribution in [2.75, 3.05) is 33.2 Å². The van der Waals surface area contributed by atoms with Crippen LogP contribution in [0.5, 0.6) is 5.88 Å².